The van der Waals surface area contributed by atoms with E-state index in [1.165, 1.54) is 0 Å². The lowest BCUT2D eigenvalue weighted by Gasteiger charge is -2.21. The lowest BCUT2D eigenvalue weighted by atomic mass is 10.1. The Morgan fingerprint density at radius 2 is 1.85 bits per heavy atom. The van der Waals surface area contributed by atoms with Gasteiger partial charge in [0.25, 0.3) is 0 Å². The van der Waals surface area contributed by atoms with Crippen molar-refractivity contribution in [3.05, 3.63) is 0 Å². The first kappa shape index (κ1) is 9.36. The van der Waals surface area contributed by atoms with Crippen molar-refractivity contribution in [3.63, 3.8) is 0 Å². The normalized spacial score (nSPS) is 48.0. The second kappa shape index (κ2) is 2.90. The SMILES string of the molecule is CC1(C)OC2[C@@H](O1)[C@H](O)O[C@@H]2CO. The highest BCUT2D eigenvalue weighted by Gasteiger charge is 2.54. The van der Waals surface area contributed by atoms with Crippen molar-refractivity contribution in [1.29, 1.82) is 0 Å². The van der Waals surface area contributed by atoms with Gasteiger partial charge in [0.15, 0.2) is 12.1 Å². The smallest absolute Gasteiger partial charge is 0.184 e. The molecule has 0 bridgehead atoms. The van der Waals surface area contributed by atoms with Gasteiger partial charge < -0.3 is 24.4 Å². The predicted octanol–water partition coefficient (Wildman–Crippen LogP) is -0.784. The van der Waals surface area contributed by atoms with Gasteiger partial charge in [0, 0.05) is 0 Å². The van der Waals surface area contributed by atoms with Gasteiger partial charge in [0.05, 0.1) is 6.61 Å². The van der Waals surface area contributed by atoms with Gasteiger partial charge in [-0.1, -0.05) is 0 Å². The summed E-state index contributed by atoms with van der Waals surface area (Å²) < 4.78 is 15.9. The average Bonchev–Trinajstić information content (AvgIpc) is 2.47. The van der Waals surface area contributed by atoms with Crippen LogP contribution in [-0.4, -0.2) is 47.2 Å². The second-order valence-electron chi connectivity index (χ2n) is 3.81. The molecule has 0 amide bonds. The monoisotopic (exact) mass is 190 g/mol. The molecule has 0 aliphatic carbocycles. The van der Waals surface area contributed by atoms with Crippen LogP contribution in [0.2, 0.25) is 0 Å². The first-order valence-corrected chi connectivity index (χ1v) is 4.33. The van der Waals surface area contributed by atoms with Crippen molar-refractivity contribution < 1.29 is 24.4 Å². The molecule has 0 aromatic heterocycles. The molecule has 5 nitrogen and oxygen atoms in total. The summed E-state index contributed by atoms with van der Waals surface area (Å²) in [6, 6.07) is 0. The van der Waals surface area contributed by atoms with Gasteiger partial charge in [-0.3, -0.25) is 0 Å². The first-order valence-electron chi connectivity index (χ1n) is 4.33. The maximum atomic E-state index is 9.39. The molecule has 5 heteroatoms. The number of ether oxygens (including phenoxy) is 3. The van der Waals surface area contributed by atoms with Gasteiger partial charge >= 0.3 is 0 Å². The van der Waals surface area contributed by atoms with Gasteiger partial charge in [-0.15, -0.1) is 0 Å². The van der Waals surface area contributed by atoms with Gasteiger partial charge in [0.1, 0.15) is 18.3 Å². The van der Waals surface area contributed by atoms with E-state index in [2.05, 4.69) is 0 Å². The summed E-state index contributed by atoms with van der Waals surface area (Å²) in [7, 11) is 0. The van der Waals surface area contributed by atoms with E-state index in [4.69, 9.17) is 19.3 Å². The van der Waals surface area contributed by atoms with Crippen LogP contribution in [0.15, 0.2) is 0 Å². The predicted molar refractivity (Wildman–Crippen MR) is 41.8 cm³/mol. The van der Waals surface area contributed by atoms with Crippen LogP contribution in [0.1, 0.15) is 13.8 Å². The van der Waals surface area contributed by atoms with Gasteiger partial charge in [-0.25, -0.2) is 0 Å². The van der Waals surface area contributed by atoms with Crippen LogP contribution in [0.5, 0.6) is 0 Å². The van der Waals surface area contributed by atoms with Crippen LogP contribution >= 0.6 is 0 Å². The van der Waals surface area contributed by atoms with Crippen LogP contribution in [0, 0.1) is 0 Å². The van der Waals surface area contributed by atoms with E-state index in [1.54, 1.807) is 13.8 Å². The van der Waals surface area contributed by atoms with Crippen molar-refractivity contribution in [2.45, 2.75) is 44.2 Å². The van der Waals surface area contributed by atoms with Crippen molar-refractivity contribution in [2.24, 2.45) is 0 Å². The molecule has 0 aromatic rings. The largest absolute Gasteiger partial charge is 0.394 e. The quantitative estimate of drug-likeness (QED) is 0.567. The highest BCUT2D eigenvalue weighted by Crippen LogP contribution is 2.37. The fourth-order valence-electron chi connectivity index (χ4n) is 1.81. The second-order valence-corrected chi connectivity index (χ2v) is 3.81. The number of aliphatic hydroxyl groups excluding tert-OH is 2. The summed E-state index contributed by atoms with van der Waals surface area (Å²) in [5, 5.41) is 18.3. The highest BCUT2D eigenvalue weighted by atomic mass is 16.8. The molecular formula is C8H14O5. The van der Waals surface area contributed by atoms with E-state index >= 15 is 0 Å². The number of rotatable bonds is 1. The number of hydrogen-bond donors (Lipinski definition) is 2. The Balaban J connectivity index is 2.12. The summed E-state index contributed by atoms with van der Waals surface area (Å²) >= 11 is 0. The van der Waals surface area contributed by atoms with Gasteiger partial charge in [-0.2, -0.15) is 0 Å². The molecule has 1 unspecified atom stereocenters. The molecule has 2 heterocycles. The molecular weight excluding hydrogens is 176 g/mol. The third kappa shape index (κ3) is 1.47. The molecule has 2 rings (SSSR count). The van der Waals surface area contributed by atoms with Crippen molar-refractivity contribution >= 4 is 0 Å². The standard InChI is InChI=1S/C8H14O5/c1-8(2)12-5-4(3-9)11-7(10)6(5)13-8/h4-7,9-10H,3H2,1-2H3/t4-,5?,6-,7-/m1/s1. The molecule has 13 heavy (non-hydrogen) atoms. The van der Waals surface area contributed by atoms with Crippen LogP contribution in [-0.2, 0) is 14.2 Å². The van der Waals surface area contributed by atoms with E-state index in [1.807, 2.05) is 0 Å². The zero-order chi connectivity index (χ0) is 9.64. The van der Waals surface area contributed by atoms with Crippen LogP contribution in [0.25, 0.3) is 0 Å². The summed E-state index contributed by atoms with van der Waals surface area (Å²) in [6.45, 7) is 3.37. The number of fused-ring (bicyclic) bond motifs is 1. The van der Waals surface area contributed by atoms with E-state index < -0.39 is 24.3 Å². The molecule has 0 spiro atoms. The minimum atomic E-state index is -0.996. The molecule has 0 saturated carbocycles. The highest BCUT2D eigenvalue weighted by molar-refractivity contribution is 4.94. The van der Waals surface area contributed by atoms with Gasteiger partial charge in [0.2, 0.25) is 0 Å². The Kier molecular flexibility index (Phi) is 2.08. The summed E-state index contributed by atoms with van der Waals surface area (Å²) in [4.78, 5) is 0. The Labute approximate surface area is 76.2 Å². The molecule has 2 aliphatic heterocycles. The summed E-state index contributed by atoms with van der Waals surface area (Å²) in [5.74, 6) is -0.701. The van der Waals surface area contributed by atoms with Crippen LogP contribution in [0.4, 0.5) is 0 Å². The van der Waals surface area contributed by atoms with E-state index in [-0.39, 0.29) is 12.7 Å². The maximum absolute atomic E-state index is 9.39. The molecule has 4 atom stereocenters. The Morgan fingerprint density at radius 3 is 2.46 bits per heavy atom. The third-order valence-corrected chi connectivity index (χ3v) is 2.31. The number of aliphatic hydroxyl groups is 2. The molecule has 2 saturated heterocycles. The molecule has 0 aromatic carbocycles. The van der Waals surface area contributed by atoms with E-state index in [0.717, 1.165) is 0 Å². The van der Waals surface area contributed by atoms with Crippen molar-refractivity contribution in [1.82, 2.24) is 0 Å². The van der Waals surface area contributed by atoms with Crippen LogP contribution < -0.4 is 0 Å². The Hall–Kier alpha value is -0.200. The zero-order valence-corrected chi connectivity index (χ0v) is 7.64. The average molecular weight is 190 g/mol. The summed E-state index contributed by atoms with van der Waals surface area (Å²) in [5.41, 5.74) is 0. The fraction of sp³-hybridized carbons (Fsp3) is 1.00. The molecule has 76 valence electrons. The lowest BCUT2D eigenvalue weighted by Crippen LogP contribution is -2.31. The molecule has 2 N–H and O–H groups in total. The first-order chi connectivity index (χ1) is 6.03. The maximum Gasteiger partial charge on any atom is 0.184 e. The molecule has 2 fully saturated rings. The van der Waals surface area contributed by atoms with Crippen LogP contribution in [0.3, 0.4) is 0 Å². The number of hydrogen-bond acceptors (Lipinski definition) is 5. The van der Waals surface area contributed by atoms with E-state index in [9.17, 15) is 5.11 Å². The topological polar surface area (TPSA) is 68.2 Å². The minimum Gasteiger partial charge on any atom is -0.394 e. The minimum absolute atomic E-state index is 0.169. The summed E-state index contributed by atoms with van der Waals surface area (Å²) in [6.07, 6.45) is -2.33. The fourth-order valence-corrected chi connectivity index (χ4v) is 1.81. The van der Waals surface area contributed by atoms with E-state index in [0.29, 0.717) is 0 Å². The lowest BCUT2D eigenvalue weighted by molar-refractivity contribution is -0.223. The molecule has 2 aliphatic rings. The van der Waals surface area contributed by atoms with Crippen molar-refractivity contribution in [3.8, 4) is 0 Å². The van der Waals surface area contributed by atoms with Gasteiger partial charge in [-0.05, 0) is 13.8 Å². The third-order valence-electron chi connectivity index (χ3n) is 2.31. The zero-order valence-electron chi connectivity index (χ0n) is 7.64. The molecule has 0 radical (unpaired) electrons. The Morgan fingerprint density at radius 1 is 1.23 bits per heavy atom. The Bertz CT molecular complexity index is 205. The van der Waals surface area contributed by atoms with Crippen molar-refractivity contribution in [2.75, 3.05) is 6.61 Å².